The first kappa shape index (κ1) is 18.0. The summed E-state index contributed by atoms with van der Waals surface area (Å²) in [5.41, 5.74) is 3.72. The molecule has 0 aliphatic carbocycles. The molecule has 1 aliphatic heterocycles. The predicted molar refractivity (Wildman–Crippen MR) is 111 cm³/mol. The Labute approximate surface area is 161 Å². The maximum Gasteiger partial charge on any atom is 0.151 e. The standard InChI is InChI=1S/C22H29N5/c1-21(2,3)19-12-20(25-24-19)26-14-22(4,5)27(15-26)13-16-10-11-23-18-9-7-6-8-17(16)18/h6-12H,13-15H2,1-5H3,(H,24,25). The van der Waals surface area contributed by atoms with Crippen LogP contribution in [0.5, 0.6) is 0 Å². The Morgan fingerprint density at radius 2 is 1.93 bits per heavy atom. The van der Waals surface area contributed by atoms with Crippen LogP contribution in [-0.2, 0) is 12.0 Å². The Kier molecular flexibility index (Phi) is 4.22. The average Bonchev–Trinajstić information content (AvgIpc) is 3.20. The van der Waals surface area contributed by atoms with Crippen LogP contribution in [0.3, 0.4) is 0 Å². The number of nitrogens with one attached hydrogen (secondary N) is 1. The zero-order valence-electron chi connectivity index (χ0n) is 17.0. The van der Waals surface area contributed by atoms with Gasteiger partial charge < -0.3 is 4.90 Å². The van der Waals surface area contributed by atoms with Gasteiger partial charge in [-0.05, 0) is 31.5 Å². The highest BCUT2D eigenvalue weighted by Crippen LogP contribution is 2.32. The molecular formula is C22H29N5. The van der Waals surface area contributed by atoms with Crippen LogP contribution in [0.1, 0.15) is 45.9 Å². The minimum atomic E-state index is 0.0746. The summed E-state index contributed by atoms with van der Waals surface area (Å²) in [6.07, 6.45) is 1.92. The fraction of sp³-hybridized carbons (Fsp3) is 0.455. The molecule has 1 fully saturated rings. The first-order chi connectivity index (χ1) is 12.7. The molecule has 2 aromatic heterocycles. The maximum atomic E-state index is 4.59. The molecule has 0 spiro atoms. The van der Waals surface area contributed by atoms with Crippen molar-refractivity contribution in [3.05, 3.63) is 53.9 Å². The first-order valence-corrected chi connectivity index (χ1v) is 9.62. The van der Waals surface area contributed by atoms with Crippen molar-refractivity contribution in [3.8, 4) is 0 Å². The summed E-state index contributed by atoms with van der Waals surface area (Å²) in [5.74, 6) is 1.04. The second kappa shape index (κ2) is 6.34. The van der Waals surface area contributed by atoms with Gasteiger partial charge in [0.2, 0.25) is 0 Å². The fourth-order valence-corrected chi connectivity index (χ4v) is 3.79. The number of benzene rings is 1. The van der Waals surface area contributed by atoms with Gasteiger partial charge in [-0.15, -0.1) is 0 Å². The Hall–Kier alpha value is -2.40. The Balaban J connectivity index is 1.58. The van der Waals surface area contributed by atoms with Crippen LogP contribution in [0.15, 0.2) is 42.6 Å². The lowest BCUT2D eigenvalue weighted by molar-refractivity contribution is 0.176. The van der Waals surface area contributed by atoms with Crippen LogP contribution < -0.4 is 4.90 Å². The average molecular weight is 364 g/mol. The molecule has 4 rings (SSSR count). The summed E-state index contributed by atoms with van der Waals surface area (Å²) >= 11 is 0. The van der Waals surface area contributed by atoms with Crippen LogP contribution in [0.4, 0.5) is 5.82 Å². The van der Waals surface area contributed by atoms with E-state index < -0.39 is 0 Å². The third kappa shape index (κ3) is 3.44. The summed E-state index contributed by atoms with van der Waals surface area (Å²) in [4.78, 5) is 9.40. The SMILES string of the molecule is CC(C)(C)c1cc(N2CN(Cc3ccnc4ccccc34)C(C)(C)C2)n[nH]1. The third-order valence-corrected chi connectivity index (χ3v) is 5.57. The van der Waals surface area contributed by atoms with E-state index in [-0.39, 0.29) is 11.0 Å². The molecule has 0 unspecified atom stereocenters. The molecule has 3 aromatic rings. The van der Waals surface area contributed by atoms with Gasteiger partial charge in [0.25, 0.3) is 0 Å². The van der Waals surface area contributed by atoms with Gasteiger partial charge in [-0.3, -0.25) is 15.0 Å². The van der Waals surface area contributed by atoms with Gasteiger partial charge >= 0.3 is 0 Å². The molecule has 1 aromatic carbocycles. The molecule has 27 heavy (non-hydrogen) atoms. The molecular weight excluding hydrogens is 334 g/mol. The molecule has 1 N–H and O–H groups in total. The first-order valence-electron chi connectivity index (χ1n) is 9.62. The largest absolute Gasteiger partial charge is 0.340 e. The molecule has 0 amide bonds. The maximum absolute atomic E-state index is 4.59. The summed E-state index contributed by atoms with van der Waals surface area (Å²) in [6, 6.07) is 12.7. The Morgan fingerprint density at radius 3 is 2.67 bits per heavy atom. The Bertz CT molecular complexity index is 945. The van der Waals surface area contributed by atoms with Crippen molar-refractivity contribution in [2.75, 3.05) is 18.1 Å². The highest BCUT2D eigenvalue weighted by molar-refractivity contribution is 5.81. The van der Waals surface area contributed by atoms with Gasteiger partial charge in [0.1, 0.15) is 0 Å². The number of hydrogen-bond donors (Lipinski definition) is 1. The molecule has 142 valence electrons. The minimum Gasteiger partial charge on any atom is -0.340 e. The van der Waals surface area contributed by atoms with Gasteiger partial charge in [-0.2, -0.15) is 5.10 Å². The molecule has 5 nitrogen and oxygen atoms in total. The van der Waals surface area contributed by atoms with Gasteiger partial charge in [0.15, 0.2) is 5.82 Å². The van der Waals surface area contributed by atoms with Crippen LogP contribution >= 0.6 is 0 Å². The number of fused-ring (bicyclic) bond motifs is 1. The monoisotopic (exact) mass is 363 g/mol. The van der Waals surface area contributed by atoms with Crippen LogP contribution in [0, 0.1) is 0 Å². The number of anilines is 1. The van der Waals surface area contributed by atoms with Crippen molar-refractivity contribution in [2.45, 2.75) is 52.1 Å². The summed E-state index contributed by atoms with van der Waals surface area (Å²) in [6.45, 7) is 14.0. The van der Waals surface area contributed by atoms with Crippen molar-refractivity contribution in [3.63, 3.8) is 0 Å². The Morgan fingerprint density at radius 1 is 1.15 bits per heavy atom. The van der Waals surface area contributed by atoms with Gasteiger partial charge in [0, 0.05) is 47.4 Å². The van der Waals surface area contributed by atoms with E-state index in [1.165, 1.54) is 16.6 Å². The number of hydrogen-bond acceptors (Lipinski definition) is 4. The number of aromatic nitrogens is 3. The minimum absolute atomic E-state index is 0.0746. The van der Waals surface area contributed by atoms with E-state index in [0.717, 1.165) is 31.1 Å². The van der Waals surface area contributed by atoms with E-state index in [1.807, 2.05) is 12.3 Å². The number of aromatic amines is 1. The van der Waals surface area contributed by atoms with E-state index in [2.05, 4.69) is 89.9 Å². The lowest BCUT2D eigenvalue weighted by Gasteiger charge is -2.29. The van der Waals surface area contributed by atoms with Crippen LogP contribution in [0.2, 0.25) is 0 Å². The lowest BCUT2D eigenvalue weighted by atomic mass is 9.92. The van der Waals surface area contributed by atoms with Gasteiger partial charge in [-0.25, -0.2) is 0 Å². The highest BCUT2D eigenvalue weighted by Gasteiger charge is 2.38. The number of pyridine rings is 1. The molecule has 0 atom stereocenters. The smallest absolute Gasteiger partial charge is 0.151 e. The topological polar surface area (TPSA) is 48.1 Å². The van der Waals surface area contributed by atoms with Crippen molar-refractivity contribution < 1.29 is 0 Å². The van der Waals surface area contributed by atoms with E-state index >= 15 is 0 Å². The zero-order chi connectivity index (χ0) is 19.2. The summed E-state index contributed by atoms with van der Waals surface area (Å²) in [5, 5.41) is 9.05. The van der Waals surface area contributed by atoms with Crippen LogP contribution in [-0.4, -0.2) is 38.8 Å². The van der Waals surface area contributed by atoms with E-state index in [4.69, 9.17) is 0 Å². The number of para-hydroxylation sites is 1. The molecule has 5 heteroatoms. The van der Waals surface area contributed by atoms with Gasteiger partial charge in [0.05, 0.1) is 12.2 Å². The lowest BCUT2D eigenvalue weighted by Crippen LogP contribution is -2.39. The normalized spacial score (nSPS) is 17.7. The number of nitrogens with zero attached hydrogens (tertiary/aromatic N) is 4. The van der Waals surface area contributed by atoms with Crippen molar-refractivity contribution in [1.82, 2.24) is 20.1 Å². The summed E-state index contributed by atoms with van der Waals surface area (Å²) < 4.78 is 0. The second-order valence-electron chi connectivity index (χ2n) is 9.23. The molecule has 0 radical (unpaired) electrons. The highest BCUT2D eigenvalue weighted by atomic mass is 15.4. The third-order valence-electron chi connectivity index (χ3n) is 5.57. The van der Waals surface area contributed by atoms with Crippen molar-refractivity contribution in [2.24, 2.45) is 0 Å². The van der Waals surface area contributed by atoms with Gasteiger partial charge in [-0.1, -0.05) is 39.0 Å². The zero-order valence-corrected chi connectivity index (χ0v) is 17.0. The molecule has 3 heterocycles. The van der Waals surface area contributed by atoms with E-state index in [9.17, 15) is 0 Å². The fourth-order valence-electron chi connectivity index (χ4n) is 3.79. The van der Waals surface area contributed by atoms with Crippen LogP contribution in [0.25, 0.3) is 10.9 Å². The molecule has 0 bridgehead atoms. The number of H-pyrrole nitrogens is 1. The second-order valence-corrected chi connectivity index (χ2v) is 9.23. The predicted octanol–water partition coefficient (Wildman–Crippen LogP) is 4.31. The quantitative estimate of drug-likeness (QED) is 0.753. The van der Waals surface area contributed by atoms with E-state index in [1.54, 1.807) is 0 Å². The molecule has 0 saturated carbocycles. The van der Waals surface area contributed by atoms with E-state index in [0.29, 0.717) is 0 Å². The summed E-state index contributed by atoms with van der Waals surface area (Å²) in [7, 11) is 0. The number of rotatable bonds is 3. The van der Waals surface area contributed by atoms with Crippen molar-refractivity contribution >= 4 is 16.7 Å². The van der Waals surface area contributed by atoms with Crippen molar-refractivity contribution in [1.29, 1.82) is 0 Å². The molecule has 1 saturated heterocycles. The molecule has 1 aliphatic rings.